The van der Waals surface area contributed by atoms with E-state index in [2.05, 4.69) is 43.2 Å². The van der Waals surface area contributed by atoms with Gasteiger partial charge in [-0.25, -0.2) is 9.97 Å². The number of halogens is 1. The second-order valence-electron chi connectivity index (χ2n) is 4.61. The van der Waals surface area contributed by atoms with E-state index < -0.39 is 0 Å². The minimum Gasteiger partial charge on any atom is -0.341 e. The molecule has 1 aromatic heterocycles. The maximum absolute atomic E-state index is 4.34. The van der Waals surface area contributed by atoms with Crippen molar-refractivity contribution in [3.05, 3.63) is 16.9 Å². The van der Waals surface area contributed by atoms with Gasteiger partial charge in [-0.2, -0.15) is 0 Å². The van der Waals surface area contributed by atoms with Gasteiger partial charge in [0.2, 0.25) is 5.95 Å². The van der Waals surface area contributed by atoms with Crippen molar-refractivity contribution in [1.82, 2.24) is 15.3 Å². The van der Waals surface area contributed by atoms with Gasteiger partial charge in [-0.15, -0.1) is 0 Å². The van der Waals surface area contributed by atoms with Crippen molar-refractivity contribution in [2.45, 2.75) is 37.8 Å². The van der Waals surface area contributed by atoms with Crippen LogP contribution in [0.25, 0.3) is 0 Å². The van der Waals surface area contributed by atoms with Crippen LogP contribution in [0.5, 0.6) is 0 Å². The predicted octanol–water partition coefficient (Wildman–Crippen LogP) is 2.21. The van der Waals surface area contributed by atoms with Crippen molar-refractivity contribution in [3.63, 3.8) is 0 Å². The molecule has 0 bridgehead atoms. The van der Waals surface area contributed by atoms with E-state index >= 15 is 0 Å². The summed E-state index contributed by atoms with van der Waals surface area (Å²) in [4.78, 5) is 10.9. The zero-order valence-corrected chi connectivity index (χ0v) is 11.9. The van der Waals surface area contributed by atoms with Crippen LogP contribution in [0.15, 0.2) is 16.9 Å². The number of nitrogens with zero attached hydrogens (tertiary/aromatic N) is 3. The molecule has 0 atom stereocenters. The van der Waals surface area contributed by atoms with Crippen molar-refractivity contribution in [2.75, 3.05) is 19.0 Å². The molecule has 1 aromatic rings. The monoisotopic (exact) mass is 298 g/mol. The Balaban J connectivity index is 1.96. The lowest BCUT2D eigenvalue weighted by Crippen LogP contribution is -2.40. The van der Waals surface area contributed by atoms with Gasteiger partial charge in [0.05, 0.1) is 4.47 Å². The van der Waals surface area contributed by atoms with Gasteiger partial charge in [0.1, 0.15) is 0 Å². The summed E-state index contributed by atoms with van der Waals surface area (Å²) in [5.74, 6) is 0.820. The lowest BCUT2D eigenvalue weighted by molar-refractivity contribution is 0.349. The lowest BCUT2D eigenvalue weighted by atomic mass is 9.90. The van der Waals surface area contributed by atoms with Gasteiger partial charge in [-0.05, 0) is 48.7 Å². The van der Waals surface area contributed by atoms with Crippen LogP contribution in [0.3, 0.4) is 0 Å². The molecule has 0 radical (unpaired) electrons. The van der Waals surface area contributed by atoms with Crippen LogP contribution in [0.4, 0.5) is 5.95 Å². The molecule has 0 amide bonds. The summed E-state index contributed by atoms with van der Waals surface area (Å²) in [6.45, 7) is 0. The average Bonchev–Trinajstić information content (AvgIpc) is 2.39. The summed E-state index contributed by atoms with van der Waals surface area (Å²) in [6.07, 6.45) is 8.50. The number of nitrogens with one attached hydrogen (secondary N) is 1. The third-order valence-electron chi connectivity index (χ3n) is 3.57. The molecule has 1 aliphatic carbocycles. The van der Waals surface area contributed by atoms with Crippen LogP contribution in [0.1, 0.15) is 25.7 Å². The molecule has 1 heterocycles. The molecule has 0 unspecified atom stereocenters. The molecule has 1 N–H and O–H groups in total. The van der Waals surface area contributed by atoms with E-state index in [1.807, 2.05) is 7.05 Å². The summed E-state index contributed by atoms with van der Waals surface area (Å²) in [5.41, 5.74) is 0. The van der Waals surface area contributed by atoms with Gasteiger partial charge in [-0.3, -0.25) is 0 Å². The van der Waals surface area contributed by atoms with E-state index in [9.17, 15) is 0 Å². The van der Waals surface area contributed by atoms with Crippen molar-refractivity contribution in [1.29, 1.82) is 0 Å². The largest absolute Gasteiger partial charge is 0.341 e. The van der Waals surface area contributed by atoms with Crippen molar-refractivity contribution < 1.29 is 0 Å². The fourth-order valence-electron chi connectivity index (χ4n) is 2.40. The zero-order valence-electron chi connectivity index (χ0n) is 10.4. The molecule has 0 aromatic carbocycles. The summed E-state index contributed by atoms with van der Waals surface area (Å²) < 4.78 is 0.925. The van der Waals surface area contributed by atoms with Gasteiger partial charge in [-0.1, -0.05) is 0 Å². The molecule has 17 heavy (non-hydrogen) atoms. The molecule has 1 aliphatic rings. The van der Waals surface area contributed by atoms with Gasteiger partial charge in [0.15, 0.2) is 0 Å². The molecule has 0 saturated heterocycles. The van der Waals surface area contributed by atoms with E-state index in [0.717, 1.165) is 10.4 Å². The molecule has 0 spiro atoms. The van der Waals surface area contributed by atoms with E-state index in [-0.39, 0.29) is 0 Å². The van der Waals surface area contributed by atoms with Crippen molar-refractivity contribution in [2.24, 2.45) is 0 Å². The van der Waals surface area contributed by atoms with Crippen molar-refractivity contribution >= 4 is 21.9 Å². The third-order valence-corrected chi connectivity index (χ3v) is 3.98. The first kappa shape index (κ1) is 12.8. The van der Waals surface area contributed by atoms with Crippen molar-refractivity contribution in [3.8, 4) is 0 Å². The fraction of sp³-hybridized carbons (Fsp3) is 0.667. The first-order chi connectivity index (χ1) is 8.20. The Morgan fingerprint density at radius 3 is 2.35 bits per heavy atom. The highest BCUT2D eigenvalue weighted by molar-refractivity contribution is 9.10. The van der Waals surface area contributed by atoms with Crippen LogP contribution in [-0.4, -0.2) is 36.1 Å². The SMILES string of the molecule is CNC1CCC(N(C)c2ncc(Br)cn2)CC1. The smallest absolute Gasteiger partial charge is 0.225 e. The Hall–Kier alpha value is -0.680. The first-order valence-corrected chi connectivity index (χ1v) is 6.87. The standard InChI is InChI=1S/C12H19BrN4/c1-14-10-3-5-11(6-4-10)17(2)12-15-7-9(13)8-16-12/h7-8,10-11,14H,3-6H2,1-2H3. The Morgan fingerprint density at radius 1 is 1.24 bits per heavy atom. The summed E-state index contributed by atoms with van der Waals surface area (Å²) in [6, 6.07) is 1.26. The van der Waals surface area contributed by atoms with Crippen LogP contribution < -0.4 is 10.2 Å². The Bertz CT molecular complexity index is 346. The van der Waals surface area contributed by atoms with Gasteiger partial charge in [0.25, 0.3) is 0 Å². The van der Waals surface area contributed by atoms with E-state index in [1.165, 1.54) is 25.7 Å². The highest BCUT2D eigenvalue weighted by Crippen LogP contribution is 2.24. The maximum Gasteiger partial charge on any atom is 0.225 e. The topological polar surface area (TPSA) is 41.0 Å². The highest BCUT2D eigenvalue weighted by Gasteiger charge is 2.24. The van der Waals surface area contributed by atoms with Crippen LogP contribution in [0, 0.1) is 0 Å². The molecule has 5 heteroatoms. The zero-order chi connectivity index (χ0) is 12.3. The molecule has 1 saturated carbocycles. The van der Waals surface area contributed by atoms with Gasteiger partial charge < -0.3 is 10.2 Å². The molecular weight excluding hydrogens is 280 g/mol. The van der Waals surface area contributed by atoms with Crippen LogP contribution in [-0.2, 0) is 0 Å². The minimum absolute atomic E-state index is 0.570. The van der Waals surface area contributed by atoms with Crippen LogP contribution in [0.2, 0.25) is 0 Å². The van der Waals surface area contributed by atoms with E-state index in [0.29, 0.717) is 12.1 Å². The second-order valence-corrected chi connectivity index (χ2v) is 5.52. The predicted molar refractivity (Wildman–Crippen MR) is 73.2 cm³/mol. The summed E-state index contributed by atoms with van der Waals surface area (Å²) in [7, 11) is 4.14. The molecule has 2 rings (SSSR count). The fourth-order valence-corrected chi connectivity index (χ4v) is 2.61. The number of hydrogen-bond acceptors (Lipinski definition) is 4. The van der Waals surface area contributed by atoms with Gasteiger partial charge in [0, 0.05) is 31.5 Å². The molecule has 94 valence electrons. The molecular formula is C12H19BrN4. The molecule has 4 nitrogen and oxygen atoms in total. The maximum atomic E-state index is 4.34. The van der Waals surface area contributed by atoms with E-state index in [4.69, 9.17) is 0 Å². The van der Waals surface area contributed by atoms with Gasteiger partial charge >= 0.3 is 0 Å². The normalized spacial score (nSPS) is 24.6. The average molecular weight is 299 g/mol. The Labute approximate surface area is 111 Å². The van der Waals surface area contributed by atoms with E-state index in [1.54, 1.807) is 12.4 Å². The third kappa shape index (κ3) is 3.16. The number of anilines is 1. The minimum atomic E-state index is 0.570. The lowest BCUT2D eigenvalue weighted by Gasteiger charge is -2.34. The molecule has 1 fully saturated rings. The first-order valence-electron chi connectivity index (χ1n) is 6.08. The summed E-state index contributed by atoms with van der Waals surface area (Å²) in [5, 5.41) is 3.35. The summed E-state index contributed by atoms with van der Waals surface area (Å²) >= 11 is 3.36. The number of aromatic nitrogens is 2. The van der Waals surface area contributed by atoms with Crippen LogP contribution >= 0.6 is 15.9 Å². The molecule has 0 aliphatic heterocycles. The Morgan fingerprint density at radius 2 is 1.82 bits per heavy atom. The quantitative estimate of drug-likeness (QED) is 0.929. The number of rotatable bonds is 3. The second kappa shape index (κ2) is 5.78. The highest BCUT2D eigenvalue weighted by atomic mass is 79.9. The number of hydrogen-bond donors (Lipinski definition) is 1. The Kier molecular flexibility index (Phi) is 4.34.